The van der Waals surface area contributed by atoms with E-state index in [1.54, 1.807) is 12.4 Å². The highest BCUT2D eigenvalue weighted by Crippen LogP contribution is 2.14. The molecule has 0 aliphatic carbocycles. The predicted octanol–water partition coefficient (Wildman–Crippen LogP) is 2.32. The number of nitrogens with zero attached hydrogens (tertiary/aromatic N) is 1. The van der Waals surface area contributed by atoms with Crippen LogP contribution in [-0.2, 0) is 0 Å². The Balaban J connectivity index is 2.78. The van der Waals surface area contributed by atoms with E-state index < -0.39 is 0 Å². The zero-order chi connectivity index (χ0) is 9.19. The van der Waals surface area contributed by atoms with Crippen molar-refractivity contribution in [2.24, 2.45) is 0 Å². The first kappa shape index (κ1) is 9.19. The Morgan fingerprint density at radius 1 is 1.50 bits per heavy atom. The number of H-pyrrole nitrogens is 1. The van der Waals surface area contributed by atoms with E-state index in [4.69, 9.17) is 17.0 Å². The molecule has 0 radical (unpaired) electrons. The monoisotopic (exact) mass is 184 g/mol. The molecule has 12 heavy (non-hydrogen) atoms. The van der Waals surface area contributed by atoms with Gasteiger partial charge in [-0.05, 0) is 33.0 Å². The maximum atomic E-state index is 5.52. The van der Waals surface area contributed by atoms with E-state index in [1.807, 2.05) is 20.8 Å². The summed E-state index contributed by atoms with van der Waals surface area (Å²) in [6.45, 7) is 5.94. The van der Waals surface area contributed by atoms with Gasteiger partial charge in [-0.15, -0.1) is 0 Å². The third-order valence-corrected chi connectivity index (χ3v) is 1.29. The molecule has 0 aliphatic rings. The van der Waals surface area contributed by atoms with Crippen LogP contribution in [0.3, 0.4) is 0 Å². The fraction of sp³-hybridized carbons (Fsp3) is 0.500. The first-order chi connectivity index (χ1) is 5.47. The SMILES string of the molecule is CC(C)(C)Oc1cnc(=S)[nH]c1. The Morgan fingerprint density at radius 2 is 2.17 bits per heavy atom. The highest BCUT2D eigenvalue weighted by molar-refractivity contribution is 7.71. The van der Waals surface area contributed by atoms with Gasteiger partial charge in [0, 0.05) is 6.20 Å². The zero-order valence-electron chi connectivity index (χ0n) is 7.42. The van der Waals surface area contributed by atoms with Gasteiger partial charge in [0.2, 0.25) is 0 Å². The average molecular weight is 184 g/mol. The van der Waals surface area contributed by atoms with Crippen molar-refractivity contribution in [1.82, 2.24) is 9.97 Å². The van der Waals surface area contributed by atoms with Crippen LogP contribution < -0.4 is 4.74 Å². The summed E-state index contributed by atoms with van der Waals surface area (Å²) in [5.74, 6) is 0.705. The molecule has 1 heterocycles. The Morgan fingerprint density at radius 3 is 2.58 bits per heavy atom. The maximum Gasteiger partial charge on any atom is 0.196 e. The van der Waals surface area contributed by atoms with Gasteiger partial charge in [-0.3, -0.25) is 0 Å². The Labute approximate surface area is 76.8 Å². The molecule has 66 valence electrons. The van der Waals surface area contributed by atoms with Crippen molar-refractivity contribution >= 4 is 12.2 Å². The average Bonchev–Trinajstić information content (AvgIpc) is 1.91. The zero-order valence-corrected chi connectivity index (χ0v) is 8.23. The van der Waals surface area contributed by atoms with Crippen LogP contribution in [0.2, 0.25) is 0 Å². The molecule has 0 atom stereocenters. The van der Waals surface area contributed by atoms with Crippen LogP contribution in [0.5, 0.6) is 5.75 Å². The minimum atomic E-state index is -0.196. The summed E-state index contributed by atoms with van der Waals surface area (Å²) in [7, 11) is 0. The van der Waals surface area contributed by atoms with Crippen molar-refractivity contribution in [3.05, 3.63) is 17.2 Å². The molecule has 1 rings (SSSR count). The molecular formula is C8H12N2OS. The van der Waals surface area contributed by atoms with Gasteiger partial charge in [-0.25, -0.2) is 4.98 Å². The van der Waals surface area contributed by atoms with E-state index in [0.717, 1.165) is 0 Å². The summed E-state index contributed by atoms with van der Waals surface area (Å²) < 4.78 is 5.99. The van der Waals surface area contributed by atoms with Crippen LogP contribution in [0.4, 0.5) is 0 Å². The van der Waals surface area contributed by atoms with Crippen LogP contribution in [0.1, 0.15) is 20.8 Å². The first-order valence-corrected chi connectivity index (χ1v) is 4.12. The van der Waals surface area contributed by atoms with Crippen molar-refractivity contribution in [2.75, 3.05) is 0 Å². The van der Waals surface area contributed by atoms with Gasteiger partial charge < -0.3 is 9.72 Å². The second kappa shape index (κ2) is 3.23. The highest BCUT2D eigenvalue weighted by atomic mass is 32.1. The van der Waals surface area contributed by atoms with Crippen LogP contribution in [-0.4, -0.2) is 15.6 Å². The van der Waals surface area contributed by atoms with Crippen LogP contribution in [0.25, 0.3) is 0 Å². The van der Waals surface area contributed by atoms with E-state index >= 15 is 0 Å². The number of hydrogen-bond donors (Lipinski definition) is 1. The second-order valence-electron chi connectivity index (χ2n) is 3.47. The van der Waals surface area contributed by atoms with Crippen LogP contribution in [0, 0.1) is 4.77 Å². The Hall–Kier alpha value is -0.900. The summed E-state index contributed by atoms with van der Waals surface area (Å²) in [5.41, 5.74) is -0.196. The summed E-state index contributed by atoms with van der Waals surface area (Å²) >= 11 is 4.79. The van der Waals surface area contributed by atoms with Crippen LogP contribution in [0.15, 0.2) is 12.4 Å². The molecule has 0 saturated carbocycles. The maximum absolute atomic E-state index is 5.52. The standard InChI is InChI=1S/C8H12N2OS/c1-8(2,3)11-6-4-9-7(12)10-5-6/h4-5H,1-3H3,(H,9,10,12). The van der Waals surface area contributed by atoms with Crippen molar-refractivity contribution < 1.29 is 4.74 Å². The third kappa shape index (κ3) is 3.00. The van der Waals surface area contributed by atoms with Gasteiger partial charge in [-0.1, -0.05) is 0 Å². The number of ether oxygens (including phenoxy) is 1. The molecule has 0 bridgehead atoms. The molecule has 0 saturated heterocycles. The van der Waals surface area contributed by atoms with Crippen molar-refractivity contribution in [3.63, 3.8) is 0 Å². The summed E-state index contributed by atoms with van der Waals surface area (Å²) in [4.78, 5) is 6.70. The minimum Gasteiger partial charge on any atom is -0.485 e. The van der Waals surface area contributed by atoms with E-state index in [1.165, 1.54) is 0 Å². The lowest BCUT2D eigenvalue weighted by Crippen LogP contribution is -2.23. The number of hydrogen-bond acceptors (Lipinski definition) is 3. The van der Waals surface area contributed by atoms with E-state index in [9.17, 15) is 0 Å². The van der Waals surface area contributed by atoms with E-state index in [2.05, 4.69) is 9.97 Å². The number of aromatic nitrogens is 2. The molecule has 0 aromatic carbocycles. The molecule has 0 aliphatic heterocycles. The van der Waals surface area contributed by atoms with Crippen LogP contribution >= 0.6 is 12.2 Å². The van der Waals surface area contributed by atoms with E-state index in [-0.39, 0.29) is 5.60 Å². The van der Waals surface area contributed by atoms with Crippen molar-refractivity contribution in [3.8, 4) is 5.75 Å². The molecule has 0 spiro atoms. The highest BCUT2D eigenvalue weighted by Gasteiger charge is 2.11. The molecule has 0 unspecified atom stereocenters. The summed E-state index contributed by atoms with van der Waals surface area (Å²) in [6, 6.07) is 0. The van der Waals surface area contributed by atoms with Crippen molar-refractivity contribution in [1.29, 1.82) is 0 Å². The minimum absolute atomic E-state index is 0.196. The number of rotatable bonds is 1. The second-order valence-corrected chi connectivity index (χ2v) is 3.86. The molecule has 0 amide bonds. The smallest absolute Gasteiger partial charge is 0.196 e. The summed E-state index contributed by atoms with van der Waals surface area (Å²) in [6.07, 6.45) is 3.32. The molecule has 3 nitrogen and oxygen atoms in total. The van der Waals surface area contributed by atoms with Gasteiger partial charge in [0.1, 0.15) is 5.60 Å². The quantitative estimate of drug-likeness (QED) is 0.681. The largest absolute Gasteiger partial charge is 0.485 e. The topological polar surface area (TPSA) is 37.9 Å². The predicted molar refractivity (Wildman–Crippen MR) is 49.8 cm³/mol. The third-order valence-electron chi connectivity index (χ3n) is 1.07. The van der Waals surface area contributed by atoms with Gasteiger partial charge in [0.05, 0.1) is 6.20 Å². The van der Waals surface area contributed by atoms with Crippen molar-refractivity contribution in [2.45, 2.75) is 26.4 Å². The lowest BCUT2D eigenvalue weighted by Gasteiger charge is -2.20. The van der Waals surface area contributed by atoms with Gasteiger partial charge >= 0.3 is 0 Å². The molecule has 0 fully saturated rings. The summed E-state index contributed by atoms with van der Waals surface area (Å²) in [5, 5.41) is 0. The molecular weight excluding hydrogens is 172 g/mol. The fourth-order valence-electron chi connectivity index (χ4n) is 0.739. The van der Waals surface area contributed by atoms with Gasteiger partial charge in [-0.2, -0.15) is 0 Å². The van der Waals surface area contributed by atoms with Gasteiger partial charge in [0.15, 0.2) is 10.5 Å². The number of nitrogens with one attached hydrogen (secondary N) is 1. The molecule has 4 heteroatoms. The number of aromatic amines is 1. The van der Waals surface area contributed by atoms with Gasteiger partial charge in [0.25, 0.3) is 0 Å². The first-order valence-electron chi connectivity index (χ1n) is 3.71. The fourth-order valence-corrected chi connectivity index (χ4v) is 0.851. The Kier molecular flexibility index (Phi) is 2.47. The van der Waals surface area contributed by atoms with E-state index in [0.29, 0.717) is 10.5 Å². The lowest BCUT2D eigenvalue weighted by molar-refractivity contribution is 0.129. The Bertz CT molecular complexity index is 293. The normalized spacial score (nSPS) is 11.2. The molecule has 1 aromatic heterocycles. The molecule has 1 N–H and O–H groups in total. The molecule has 1 aromatic rings. The lowest BCUT2D eigenvalue weighted by atomic mass is 10.2.